The zero-order valence-electron chi connectivity index (χ0n) is 10.9. The predicted molar refractivity (Wildman–Crippen MR) is 77.3 cm³/mol. The van der Waals surface area contributed by atoms with E-state index in [0.717, 1.165) is 27.7 Å². The fourth-order valence-electron chi connectivity index (χ4n) is 2.15. The van der Waals surface area contributed by atoms with Gasteiger partial charge in [-0.1, -0.05) is 36.4 Å². The summed E-state index contributed by atoms with van der Waals surface area (Å²) in [5, 5.41) is 2.27. The van der Waals surface area contributed by atoms with Crippen molar-refractivity contribution in [2.45, 2.75) is 13.8 Å². The number of benzene rings is 2. The van der Waals surface area contributed by atoms with Gasteiger partial charge in [-0.05, 0) is 30.7 Å². The highest BCUT2D eigenvalue weighted by atomic mass is 16.1. The van der Waals surface area contributed by atoms with Gasteiger partial charge in [-0.3, -0.25) is 4.79 Å². The molecule has 0 unspecified atom stereocenters. The van der Waals surface area contributed by atoms with E-state index in [-0.39, 0.29) is 5.56 Å². The van der Waals surface area contributed by atoms with Crippen molar-refractivity contribution < 1.29 is 0 Å². The van der Waals surface area contributed by atoms with Crippen molar-refractivity contribution in [1.82, 2.24) is 9.97 Å². The molecule has 0 radical (unpaired) electrons. The average molecular weight is 250 g/mol. The minimum Gasteiger partial charge on any atom is -0.323 e. The highest BCUT2D eigenvalue weighted by Crippen LogP contribution is 2.21. The lowest BCUT2D eigenvalue weighted by molar-refractivity contribution is 1.02. The first-order valence-corrected chi connectivity index (χ1v) is 6.22. The van der Waals surface area contributed by atoms with Crippen LogP contribution in [0.2, 0.25) is 0 Å². The third kappa shape index (κ3) is 2.03. The summed E-state index contributed by atoms with van der Waals surface area (Å²) in [6.45, 7) is 3.75. The molecule has 0 aliphatic carbocycles. The minimum atomic E-state index is -0.140. The smallest absolute Gasteiger partial charge is 0.274 e. The van der Waals surface area contributed by atoms with Crippen LogP contribution in [0.1, 0.15) is 11.4 Å². The maximum Gasteiger partial charge on any atom is 0.274 e. The van der Waals surface area contributed by atoms with Gasteiger partial charge in [0.1, 0.15) is 5.69 Å². The van der Waals surface area contributed by atoms with Crippen LogP contribution in [-0.2, 0) is 0 Å². The second-order valence-corrected chi connectivity index (χ2v) is 4.69. The van der Waals surface area contributed by atoms with E-state index in [0.29, 0.717) is 5.69 Å². The van der Waals surface area contributed by atoms with Gasteiger partial charge in [-0.15, -0.1) is 0 Å². The Bertz CT molecular complexity index is 818. The van der Waals surface area contributed by atoms with Crippen molar-refractivity contribution >= 4 is 10.8 Å². The molecule has 3 nitrogen and oxygen atoms in total. The molecule has 0 atom stereocenters. The monoisotopic (exact) mass is 250 g/mol. The Kier molecular flexibility index (Phi) is 2.67. The number of nitrogens with one attached hydrogen (secondary N) is 1. The van der Waals surface area contributed by atoms with Crippen LogP contribution >= 0.6 is 0 Å². The lowest BCUT2D eigenvalue weighted by atomic mass is 10.1. The van der Waals surface area contributed by atoms with Crippen molar-refractivity contribution in [3.05, 3.63) is 64.2 Å². The second-order valence-electron chi connectivity index (χ2n) is 4.69. The van der Waals surface area contributed by atoms with Gasteiger partial charge in [0.2, 0.25) is 0 Å². The summed E-state index contributed by atoms with van der Waals surface area (Å²) >= 11 is 0. The number of rotatable bonds is 1. The molecule has 1 heterocycles. The largest absolute Gasteiger partial charge is 0.323 e. The van der Waals surface area contributed by atoms with E-state index in [1.54, 1.807) is 0 Å². The first-order chi connectivity index (χ1) is 9.15. The topological polar surface area (TPSA) is 45.8 Å². The highest BCUT2D eigenvalue weighted by molar-refractivity contribution is 5.86. The normalized spacial score (nSPS) is 10.8. The standard InChI is InChI=1S/C16H14N2O/c1-10-11(2)18-16(19)15(17-10)14-8-7-12-5-3-4-6-13(12)9-14/h3-9H,1-2H3,(H,18,19). The third-order valence-electron chi connectivity index (χ3n) is 3.36. The molecule has 94 valence electrons. The Hall–Kier alpha value is -2.42. The van der Waals surface area contributed by atoms with E-state index in [4.69, 9.17) is 0 Å². The number of nitrogens with zero attached hydrogens (tertiary/aromatic N) is 1. The van der Waals surface area contributed by atoms with E-state index < -0.39 is 0 Å². The molecule has 3 rings (SSSR count). The van der Waals surface area contributed by atoms with Gasteiger partial charge in [0, 0.05) is 11.3 Å². The molecule has 0 saturated heterocycles. The van der Waals surface area contributed by atoms with E-state index in [1.165, 1.54) is 0 Å². The highest BCUT2D eigenvalue weighted by Gasteiger charge is 2.08. The fraction of sp³-hybridized carbons (Fsp3) is 0.125. The first-order valence-electron chi connectivity index (χ1n) is 6.22. The number of aryl methyl sites for hydroxylation is 2. The molecule has 0 spiro atoms. The molecule has 0 aliphatic rings. The predicted octanol–water partition coefficient (Wildman–Crippen LogP) is 3.21. The van der Waals surface area contributed by atoms with Gasteiger partial charge in [0.05, 0.1) is 5.69 Å². The van der Waals surface area contributed by atoms with Crippen molar-refractivity contribution in [3.8, 4) is 11.3 Å². The quantitative estimate of drug-likeness (QED) is 0.720. The molecule has 0 aliphatic heterocycles. The summed E-state index contributed by atoms with van der Waals surface area (Å²) < 4.78 is 0. The van der Waals surface area contributed by atoms with Crippen LogP contribution in [0, 0.1) is 13.8 Å². The average Bonchev–Trinajstić information content (AvgIpc) is 2.42. The van der Waals surface area contributed by atoms with E-state index in [2.05, 4.69) is 16.0 Å². The van der Waals surface area contributed by atoms with Gasteiger partial charge in [-0.2, -0.15) is 0 Å². The SMILES string of the molecule is Cc1nc(-c2ccc3ccccc3c2)c(=O)[nH]c1C. The molecular formula is C16H14N2O. The summed E-state index contributed by atoms with van der Waals surface area (Å²) in [5.41, 5.74) is 2.85. The Balaban J connectivity index is 2.24. The van der Waals surface area contributed by atoms with Crippen LogP contribution in [-0.4, -0.2) is 9.97 Å². The van der Waals surface area contributed by atoms with Crippen LogP contribution in [0.25, 0.3) is 22.0 Å². The molecule has 2 aromatic carbocycles. The zero-order valence-corrected chi connectivity index (χ0v) is 10.9. The molecule has 0 amide bonds. The molecule has 3 heteroatoms. The molecular weight excluding hydrogens is 236 g/mol. The maximum atomic E-state index is 12.0. The molecule has 3 aromatic rings. The van der Waals surface area contributed by atoms with Gasteiger partial charge in [-0.25, -0.2) is 4.98 Å². The second kappa shape index (κ2) is 4.35. The van der Waals surface area contributed by atoms with Crippen LogP contribution in [0.5, 0.6) is 0 Å². The summed E-state index contributed by atoms with van der Waals surface area (Å²) in [6.07, 6.45) is 0. The summed E-state index contributed by atoms with van der Waals surface area (Å²) in [4.78, 5) is 19.3. The van der Waals surface area contributed by atoms with Crippen molar-refractivity contribution in [1.29, 1.82) is 0 Å². The molecule has 0 saturated carbocycles. The van der Waals surface area contributed by atoms with Gasteiger partial charge in [0.25, 0.3) is 5.56 Å². The number of aromatic nitrogens is 2. The van der Waals surface area contributed by atoms with Crippen LogP contribution in [0.15, 0.2) is 47.3 Å². The molecule has 0 bridgehead atoms. The zero-order chi connectivity index (χ0) is 13.4. The minimum absolute atomic E-state index is 0.140. The Morgan fingerprint density at radius 2 is 1.74 bits per heavy atom. The van der Waals surface area contributed by atoms with Crippen LogP contribution in [0.3, 0.4) is 0 Å². The van der Waals surface area contributed by atoms with E-state index in [9.17, 15) is 4.79 Å². The van der Waals surface area contributed by atoms with Crippen LogP contribution in [0.4, 0.5) is 0 Å². The maximum absolute atomic E-state index is 12.0. The number of hydrogen-bond donors (Lipinski definition) is 1. The number of fused-ring (bicyclic) bond motifs is 1. The molecule has 19 heavy (non-hydrogen) atoms. The Morgan fingerprint density at radius 1 is 1.00 bits per heavy atom. The molecule has 0 fully saturated rings. The first kappa shape index (κ1) is 11.7. The Morgan fingerprint density at radius 3 is 2.53 bits per heavy atom. The number of H-pyrrole nitrogens is 1. The van der Waals surface area contributed by atoms with E-state index >= 15 is 0 Å². The number of hydrogen-bond acceptors (Lipinski definition) is 2. The fourth-order valence-corrected chi connectivity index (χ4v) is 2.15. The molecule has 1 N–H and O–H groups in total. The van der Waals surface area contributed by atoms with E-state index in [1.807, 2.05) is 50.2 Å². The summed E-state index contributed by atoms with van der Waals surface area (Å²) in [5.74, 6) is 0. The van der Waals surface area contributed by atoms with Crippen molar-refractivity contribution in [2.75, 3.05) is 0 Å². The van der Waals surface area contributed by atoms with Gasteiger partial charge >= 0.3 is 0 Å². The lowest BCUT2D eigenvalue weighted by Crippen LogP contribution is -2.14. The third-order valence-corrected chi connectivity index (χ3v) is 3.36. The van der Waals surface area contributed by atoms with Crippen molar-refractivity contribution in [3.63, 3.8) is 0 Å². The van der Waals surface area contributed by atoms with Gasteiger partial charge in [0.15, 0.2) is 0 Å². The molecule has 1 aromatic heterocycles. The lowest BCUT2D eigenvalue weighted by Gasteiger charge is -2.05. The van der Waals surface area contributed by atoms with Gasteiger partial charge < -0.3 is 4.98 Å². The Labute approximate surface area is 111 Å². The summed E-state index contributed by atoms with van der Waals surface area (Å²) in [7, 11) is 0. The number of aromatic amines is 1. The summed E-state index contributed by atoms with van der Waals surface area (Å²) in [6, 6.07) is 14.0. The van der Waals surface area contributed by atoms with Crippen LogP contribution < -0.4 is 5.56 Å². The van der Waals surface area contributed by atoms with Crippen molar-refractivity contribution in [2.24, 2.45) is 0 Å².